The Morgan fingerprint density at radius 3 is 2.64 bits per heavy atom. The molecule has 2 aromatic rings. The van der Waals surface area contributed by atoms with E-state index in [-0.39, 0.29) is 11.9 Å². The highest BCUT2D eigenvalue weighted by molar-refractivity contribution is 5.23. The van der Waals surface area contributed by atoms with Gasteiger partial charge in [-0.25, -0.2) is 4.39 Å². The van der Waals surface area contributed by atoms with E-state index < -0.39 is 6.10 Å². The van der Waals surface area contributed by atoms with Gasteiger partial charge in [0.2, 0.25) is 0 Å². The lowest BCUT2D eigenvalue weighted by Gasteiger charge is -2.38. The predicted octanol–water partition coefficient (Wildman–Crippen LogP) is 3.77. The average molecular weight is 303 g/mol. The van der Waals surface area contributed by atoms with Crippen molar-refractivity contribution in [2.75, 3.05) is 0 Å². The number of hydrogen-bond donors (Lipinski definition) is 2. The van der Waals surface area contributed by atoms with Gasteiger partial charge >= 0.3 is 0 Å². The van der Waals surface area contributed by atoms with Crippen LogP contribution in [0.5, 0.6) is 0 Å². The van der Waals surface area contributed by atoms with Crippen molar-refractivity contribution in [1.82, 2.24) is 5.32 Å². The van der Waals surface area contributed by atoms with E-state index in [0.29, 0.717) is 24.1 Å². The number of aliphatic hydroxyl groups is 1. The van der Waals surface area contributed by atoms with Crippen LogP contribution in [0.3, 0.4) is 0 Å². The summed E-state index contributed by atoms with van der Waals surface area (Å²) in [5, 5.41) is 13.6. The monoisotopic (exact) mass is 303 g/mol. The molecule has 0 spiro atoms. The Hall–Kier alpha value is -1.65. The van der Waals surface area contributed by atoms with E-state index >= 15 is 0 Å². The van der Waals surface area contributed by atoms with Gasteiger partial charge in [-0.1, -0.05) is 12.1 Å². The molecule has 2 atom stereocenters. The van der Waals surface area contributed by atoms with Gasteiger partial charge in [-0.05, 0) is 61.9 Å². The molecule has 1 saturated carbocycles. The SMILES string of the molecule is C[C@H](C[C@H](O)c1ccco1)NC1CC(c2ccc(F)cc2)C1. The Kier molecular flexibility index (Phi) is 4.60. The van der Waals surface area contributed by atoms with E-state index in [0.717, 1.165) is 12.8 Å². The standard InChI is InChI=1S/C18H22FNO2/c1-12(9-17(21)18-3-2-8-22-18)20-16-10-14(11-16)13-4-6-15(19)7-5-13/h2-8,12,14,16-17,20-21H,9-11H2,1H3/t12-,14?,16?,17+/m1/s1. The molecule has 0 radical (unpaired) electrons. The van der Waals surface area contributed by atoms with Crippen molar-refractivity contribution in [3.8, 4) is 0 Å². The maximum atomic E-state index is 12.9. The third kappa shape index (κ3) is 3.57. The zero-order chi connectivity index (χ0) is 15.5. The molecule has 1 fully saturated rings. The molecule has 1 aliphatic rings. The molecule has 1 aromatic carbocycles. The van der Waals surface area contributed by atoms with Crippen molar-refractivity contribution in [1.29, 1.82) is 0 Å². The number of hydrogen-bond acceptors (Lipinski definition) is 3. The van der Waals surface area contributed by atoms with Crippen molar-refractivity contribution in [3.63, 3.8) is 0 Å². The van der Waals surface area contributed by atoms with Crippen molar-refractivity contribution in [2.45, 2.75) is 50.3 Å². The van der Waals surface area contributed by atoms with Gasteiger partial charge in [0.05, 0.1) is 6.26 Å². The molecule has 22 heavy (non-hydrogen) atoms. The van der Waals surface area contributed by atoms with Gasteiger partial charge in [0.15, 0.2) is 0 Å². The molecule has 0 aliphatic heterocycles. The number of halogens is 1. The van der Waals surface area contributed by atoms with E-state index in [2.05, 4.69) is 12.2 Å². The van der Waals surface area contributed by atoms with E-state index in [4.69, 9.17) is 4.42 Å². The summed E-state index contributed by atoms with van der Waals surface area (Å²) in [5.74, 6) is 0.949. The molecule has 0 amide bonds. The summed E-state index contributed by atoms with van der Waals surface area (Å²) in [7, 11) is 0. The third-order valence-electron chi connectivity index (χ3n) is 4.45. The fourth-order valence-electron chi connectivity index (χ4n) is 3.16. The Bertz CT molecular complexity index is 576. The van der Waals surface area contributed by atoms with Crippen LogP contribution < -0.4 is 5.32 Å². The van der Waals surface area contributed by atoms with Gasteiger partial charge in [-0.15, -0.1) is 0 Å². The lowest BCUT2D eigenvalue weighted by atomic mass is 9.75. The molecule has 3 rings (SSSR count). The van der Waals surface area contributed by atoms with Gasteiger partial charge < -0.3 is 14.8 Å². The van der Waals surface area contributed by atoms with Crippen LogP contribution in [0.25, 0.3) is 0 Å². The van der Waals surface area contributed by atoms with Crippen LogP contribution in [0.2, 0.25) is 0 Å². The minimum atomic E-state index is -0.564. The minimum Gasteiger partial charge on any atom is -0.467 e. The van der Waals surface area contributed by atoms with Crippen molar-refractivity contribution in [2.24, 2.45) is 0 Å². The highest BCUT2D eigenvalue weighted by Crippen LogP contribution is 2.37. The first-order chi connectivity index (χ1) is 10.6. The molecule has 3 nitrogen and oxygen atoms in total. The fourth-order valence-corrected chi connectivity index (χ4v) is 3.16. The lowest BCUT2D eigenvalue weighted by Crippen LogP contribution is -2.44. The summed E-state index contributed by atoms with van der Waals surface area (Å²) in [6.45, 7) is 2.08. The zero-order valence-electron chi connectivity index (χ0n) is 12.7. The zero-order valence-corrected chi connectivity index (χ0v) is 12.7. The van der Waals surface area contributed by atoms with Crippen LogP contribution in [0.1, 0.15) is 49.5 Å². The summed E-state index contributed by atoms with van der Waals surface area (Å²) in [5.41, 5.74) is 1.21. The van der Waals surface area contributed by atoms with Gasteiger partial charge in [0.25, 0.3) is 0 Å². The van der Waals surface area contributed by atoms with E-state index in [9.17, 15) is 9.50 Å². The smallest absolute Gasteiger partial charge is 0.132 e. The van der Waals surface area contributed by atoms with Crippen molar-refractivity contribution >= 4 is 0 Å². The number of nitrogens with one attached hydrogen (secondary N) is 1. The number of benzene rings is 1. The number of rotatable bonds is 6. The normalized spacial score (nSPS) is 23.8. The molecule has 1 heterocycles. The molecular formula is C18H22FNO2. The molecule has 1 aliphatic carbocycles. The van der Waals surface area contributed by atoms with Gasteiger partial charge in [0, 0.05) is 12.1 Å². The van der Waals surface area contributed by atoms with E-state index in [1.165, 1.54) is 17.7 Å². The quantitative estimate of drug-likeness (QED) is 0.854. The van der Waals surface area contributed by atoms with Gasteiger partial charge in [0.1, 0.15) is 17.7 Å². The highest BCUT2D eigenvalue weighted by atomic mass is 19.1. The molecule has 0 bridgehead atoms. The largest absolute Gasteiger partial charge is 0.467 e. The maximum Gasteiger partial charge on any atom is 0.132 e. The second-order valence-electron chi connectivity index (χ2n) is 6.25. The Morgan fingerprint density at radius 2 is 2.00 bits per heavy atom. The van der Waals surface area contributed by atoms with Crippen molar-refractivity contribution in [3.05, 3.63) is 59.8 Å². The van der Waals surface area contributed by atoms with Crippen LogP contribution in [-0.2, 0) is 0 Å². The Labute approximate surface area is 130 Å². The van der Waals surface area contributed by atoms with E-state index in [1.807, 2.05) is 12.1 Å². The first-order valence-corrected chi connectivity index (χ1v) is 7.85. The van der Waals surface area contributed by atoms with Crippen molar-refractivity contribution < 1.29 is 13.9 Å². The summed E-state index contributed by atoms with van der Waals surface area (Å²) < 4.78 is 18.1. The first-order valence-electron chi connectivity index (χ1n) is 7.85. The molecule has 0 saturated heterocycles. The summed E-state index contributed by atoms with van der Waals surface area (Å²) in [6.07, 6.45) is 3.77. The highest BCUT2D eigenvalue weighted by Gasteiger charge is 2.31. The molecule has 2 N–H and O–H groups in total. The van der Waals surface area contributed by atoms with Gasteiger partial charge in [-0.2, -0.15) is 0 Å². The second kappa shape index (κ2) is 6.63. The summed E-state index contributed by atoms with van der Waals surface area (Å²) in [6, 6.07) is 11.1. The number of furan rings is 1. The van der Waals surface area contributed by atoms with Crippen LogP contribution >= 0.6 is 0 Å². The molecule has 0 unspecified atom stereocenters. The van der Waals surface area contributed by atoms with Crippen LogP contribution in [0.15, 0.2) is 47.1 Å². The van der Waals surface area contributed by atoms with E-state index in [1.54, 1.807) is 18.4 Å². The topological polar surface area (TPSA) is 45.4 Å². The maximum absolute atomic E-state index is 12.9. The predicted molar refractivity (Wildman–Crippen MR) is 83.0 cm³/mol. The first kappa shape index (κ1) is 15.3. The van der Waals surface area contributed by atoms with Crippen LogP contribution in [0.4, 0.5) is 4.39 Å². The summed E-state index contributed by atoms with van der Waals surface area (Å²) in [4.78, 5) is 0. The van der Waals surface area contributed by atoms with Crippen LogP contribution in [0, 0.1) is 5.82 Å². The molecule has 1 aromatic heterocycles. The molecule has 4 heteroatoms. The Morgan fingerprint density at radius 1 is 1.27 bits per heavy atom. The second-order valence-corrected chi connectivity index (χ2v) is 6.25. The number of aliphatic hydroxyl groups excluding tert-OH is 1. The minimum absolute atomic E-state index is 0.182. The summed E-state index contributed by atoms with van der Waals surface area (Å²) >= 11 is 0. The molecule has 118 valence electrons. The Balaban J connectivity index is 1.42. The van der Waals surface area contributed by atoms with Gasteiger partial charge in [-0.3, -0.25) is 0 Å². The lowest BCUT2D eigenvalue weighted by molar-refractivity contribution is 0.122. The third-order valence-corrected chi connectivity index (χ3v) is 4.45. The van der Waals surface area contributed by atoms with Crippen LogP contribution in [-0.4, -0.2) is 17.2 Å². The average Bonchev–Trinajstić information content (AvgIpc) is 2.98. The molecular weight excluding hydrogens is 281 g/mol. The fraction of sp³-hybridized carbons (Fsp3) is 0.444.